The maximum atomic E-state index is 12.2. The van der Waals surface area contributed by atoms with E-state index in [1.165, 1.54) is 38.5 Å². The molecule has 1 N–H and O–H groups in total. The Hall–Kier alpha value is -0.370. The molecule has 0 aromatic carbocycles. The third kappa shape index (κ3) is 2.49. The van der Waals surface area contributed by atoms with E-state index in [2.05, 4.69) is 20.8 Å². The van der Waals surface area contributed by atoms with Gasteiger partial charge in [0, 0.05) is 5.92 Å². The Bertz CT molecular complexity index is 556. The summed E-state index contributed by atoms with van der Waals surface area (Å²) in [5.41, 5.74) is 0.308. The molecule has 4 aliphatic carbocycles. The predicted octanol–water partition coefficient (Wildman–Crippen LogP) is 5.38. The standard InChI is InChI=1S/C23H38O2/c1-5-23(25)13-12-21(3)16(14-23)6-7-17-19-9-8-18(15(2)24)22(19,4)11-10-20(17)21/h16-20,25H,5-14H2,1-4H3/t16-,17-,18+,19-,20-,21-,22+,23+/m0/s1. The molecule has 4 fully saturated rings. The highest BCUT2D eigenvalue weighted by Gasteiger charge is 2.61. The smallest absolute Gasteiger partial charge is 0.133 e. The van der Waals surface area contributed by atoms with Crippen molar-refractivity contribution < 1.29 is 9.90 Å². The van der Waals surface area contributed by atoms with E-state index in [1.54, 1.807) is 0 Å². The average Bonchev–Trinajstić information content (AvgIpc) is 2.93. The molecule has 8 atom stereocenters. The second kappa shape index (κ2) is 5.81. The van der Waals surface area contributed by atoms with Gasteiger partial charge in [0.15, 0.2) is 0 Å². The zero-order chi connectivity index (χ0) is 18.0. The lowest BCUT2D eigenvalue weighted by atomic mass is 9.43. The lowest BCUT2D eigenvalue weighted by Crippen LogP contribution is -2.56. The number of hydrogen-bond donors (Lipinski definition) is 1. The molecule has 4 saturated carbocycles. The monoisotopic (exact) mass is 346 g/mol. The van der Waals surface area contributed by atoms with Gasteiger partial charge in [0.25, 0.3) is 0 Å². The Labute approximate surface area is 154 Å². The Balaban J connectivity index is 1.59. The predicted molar refractivity (Wildman–Crippen MR) is 101 cm³/mol. The van der Waals surface area contributed by atoms with Gasteiger partial charge in [0.1, 0.15) is 5.78 Å². The zero-order valence-electron chi connectivity index (χ0n) is 16.8. The van der Waals surface area contributed by atoms with Gasteiger partial charge in [0.05, 0.1) is 5.60 Å². The minimum Gasteiger partial charge on any atom is -0.390 e. The van der Waals surface area contributed by atoms with E-state index in [1.807, 2.05) is 6.92 Å². The molecule has 0 amide bonds. The van der Waals surface area contributed by atoms with Crippen LogP contribution in [0.3, 0.4) is 0 Å². The number of carbonyl (C=O) groups excluding carboxylic acids is 1. The zero-order valence-corrected chi connectivity index (χ0v) is 16.8. The molecule has 0 saturated heterocycles. The van der Waals surface area contributed by atoms with Gasteiger partial charge in [-0.25, -0.2) is 0 Å². The van der Waals surface area contributed by atoms with Crippen LogP contribution in [0, 0.1) is 40.4 Å². The van der Waals surface area contributed by atoms with Crippen molar-refractivity contribution in [3.63, 3.8) is 0 Å². The minimum absolute atomic E-state index is 0.273. The SMILES string of the molecule is CC[C@@]1(O)CC[C@@]2(C)[C@@H](CC[C@@H]3[C@@H]2CC[C@]2(C)[C@@H](C(C)=O)CC[C@@H]32)C1. The molecule has 0 aliphatic heterocycles. The van der Waals surface area contributed by atoms with Gasteiger partial charge < -0.3 is 5.11 Å². The highest BCUT2D eigenvalue weighted by molar-refractivity contribution is 5.79. The largest absolute Gasteiger partial charge is 0.390 e. The van der Waals surface area contributed by atoms with Crippen LogP contribution in [0.5, 0.6) is 0 Å². The molecule has 0 spiro atoms. The number of Topliss-reactive ketones (excluding diaryl/α,β-unsaturated/α-hetero) is 1. The molecule has 4 rings (SSSR count). The van der Waals surface area contributed by atoms with E-state index in [4.69, 9.17) is 0 Å². The van der Waals surface area contributed by atoms with Crippen LogP contribution in [0.1, 0.15) is 91.9 Å². The second-order valence-corrected chi connectivity index (χ2v) is 10.7. The van der Waals surface area contributed by atoms with Crippen LogP contribution in [0.2, 0.25) is 0 Å². The summed E-state index contributed by atoms with van der Waals surface area (Å²) in [7, 11) is 0. The Morgan fingerprint density at radius 3 is 2.36 bits per heavy atom. The third-order valence-electron chi connectivity index (χ3n) is 9.97. The van der Waals surface area contributed by atoms with Gasteiger partial charge in [-0.15, -0.1) is 0 Å². The summed E-state index contributed by atoms with van der Waals surface area (Å²) < 4.78 is 0. The summed E-state index contributed by atoms with van der Waals surface area (Å²) in [5.74, 6) is 3.90. The van der Waals surface area contributed by atoms with E-state index in [-0.39, 0.29) is 5.41 Å². The maximum Gasteiger partial charge on any atom is 0.133 e. The van der Waals surface area contributed by atoms with E-state index < -0.39 is 5.60 Å². The fourth-order valence-corrected chi connectivity index (χ4v) is 8.31. The Morgan fingerprint density at radius 1 is 0.960 bits per heavy atom. The average molecular weight is 347 g/mol. The van der Waals surface area contributed by atoms with Crippen molar-refractivity contribution in [2.45, 2.75) is 97.5 Å². The molecule has 0 heterocycles. The van der Waals surface area contributed by atoms with E-state index in [9.17, 15) is 9.90 Å². The Kier molecular flexibility index (Phi) is 4.19. The lowest BCUT2D eigenvalue weighted by Gasteiger charge is -2.62. The summed E-state index contributed by atoms with van der Waals surface area (Å²) in [6.07, 6.45) is 11.8. The summed E-state index contributed by atoms with van der Waals surface area (Å²) in [6.45, 7) is 8.98. The highest BCUT2D eigenvalue weighted by atomic mass is 16.3. The van der Waals surface area contributed by atoms with Crippen molar-refractivity contribution in [3.05, 3.63) is 0 Å². The van der Waals surface area contributed by atoms with Crippen molar-refractivity contribution in [3.8, 4) is 0 Å². The van der Waals surface area contributed by atoms with Crippen LogP contribution in [0.4, 0.5) is 0 Å². The van der Waals surface area contributed by atoms with Gasteiger partial charge in [-0.05, 0) is 106 Å². The Morgan fingerprint density at radius 2 is 1.68 bits per heavy atom. The van der Waals surface area contributed by atoms with Gasteiger partial charge in [0.2, 0.25) is 0 Å². The fourth-order valence-electron chi connectivity index (χ4n) is 8.31. The van der Waals surface area contributed by atoms with E-state index in [0.29, 0.717) is 23.0 Å². The van der Waals surface area contributed by atoms with Gasteiger partial charge in [-0.3, -0.25) is 4.79 Å². The lowest BCUT2D eigenvalue weighted by molar-refractivity contribution is -0.154. The molecular weight excluding hydrogens is 308 g/mol. The molecular formula is C23H38O2. The molecule has 0 bridgehead atoms. The van der Waals surface area contributed by atoms with Gasteiger partial charge in [-0.1, -0.05) is 20.8 Å². The fraction of sp³-hybridized carbons (Fsp3) is 0.957. The van der Waals surface area contributed by atoms with Crippen molar-refractivity contribution >= 4 is 5.78 Å². The number of carbonyl (C=O) groups is 1. The first-order valence-electron chi connectivity index (χ1n) is 11.0. The van der Waals surface area contributed by atoms with E-state index in [0.717, 1.165) is 43.4 Å². The van der Waals surface area contributed by atoms with Crippen LogP contribution in [-0.2, 0) is 4.79 Å². The number of hydrogen-bond acceptors (Lipinski definition) is 2. The summed E-state index contributed by atoms with van der Waals surface area (Å²) in [5, 5.41) is 10.9. The van der Waals surface area contributed by atoms with Crippen LogP contribution in [0.25, 0.3) is 0 Å². The summed E-state index contributed by atoms with van der Waals surface area (Å²) >= 11 is 0. The molecule has 0 unspecified atom stereocenters. The molecule has 142 valence electrons. The molecule has 0 aromatic rings. The van der Waals surface area contributed by atoms with Crippen LogP contribution in [0.15, 0.2) is 0 Å². The summed E-state index contributed by atoms with van der Waals surface area (Å²) in [4.78, 5) is 12.2. The highest BCUT2D eigenvalue weighted by Crippen LogP contribution is 2.68. The third-order valence-corrected chi connectivity index (χ3v) is 9.97. The first kappa shape index (κ1) is 18.0. The van der Waals surface area contributed by atoms with Crippen molar-refractivity contribution in [1.82, 2.24) is 0 Å². The molecule has 2 heteroatoms. The van der Waals surface area contributed by atoms with Crippen LogP contribution >= 0.6 is 0 Å². The first-order valence-corrected chi connectivity index (χ1v) is 11.0. The minimum atomic E-state index is -0.396. The van der Waals surface area contributed by atoms with Crippen molar-refractivity contribution in [2.75, 3.05) is 0 Å². The van der Waals surface area contributed by atoms with Crippen LogP contribution in [-0.4, -0.2) is 16.5 Å². The molecule has 25 heavy (non-hydrogen) atoms. The van der Waals surface area contributed by atoms with Crippen molar-refractivity contribution in [2.24, 2.45) is 40.4 Å². The van der Waals surface area contributed by atoms with Crippen LogP contribution < -0.4 is 0 Å². The molecule has 2 nitrogen and oxygen atoms in total. The van der Waals surface area contributed by atoms with E-state index >= 15 is 0 Å². The number of aliphatic hydroxyl groups is 1. The number of rotatable bonds is 2. The summed E-state index contributed by atoms with van der Waals surface area (Å²) in [6, 6.07) is 0. The second-order valence-electron chi connectivity index (χ2n) is 10.7. The van der Waals surface area contributed by atoms with Gasteiger partial charge >= 0.3 is 0 Å². The molecule has 0 radical (unpaired) electrons. The normalized spacial score (nSPS) is 55.2. The molecule has 0 aromatic heterocycles. The quantitative estimate of drug-likeness (QED) is 0.729. The van der Waals surface area contributed by atoms with Crippen molar-refractivity contribution in [1.29, 1.82) is 0 Å². The number of ketones is 1. The maximum absolute atomic E-state index is 12.2. The molecule has 4 aliphatic rings. The first-order chi connectivity index (χ1) is 11.7. The number of fused-ring (bicyclic) bond motifs is 5. The van der Waals surface area contributed by atoms with Gasteiger partial charge in [-0.2, -0.15) is 0 Å². The topological polar surface area (TPSA) is 37.3 Å².